The Morgan fingerprint density at radius 3 is 2.24 bits per heavy atom. The number of anilines is 1. The molecule has 0 spiro atoms. The van der Waals surface area contributed by atoms with Crippen LogP contribution in [0.5, 0.6) is 0 Å². The van der Waals surface area contributed by atoms with Gasteiger partial charge in [-0.3, -0.25) is 9.59 Å². The zero-order valence-electron chi connectivity index (χ0n) is 12.7. The normalized spacial score (nSPS) is 21.8. The zero-order chi connectivity index (χ0) is 15.4. The number of carboxylic acids is 1. The Kier molecular flexibility index (Phi) is 4.99. The molecule has 1 saturated carbocycles. The third-order valence-electron chi connectivity index (χ3n) is 4.46. The first-order valence-corrected chi connectivity index (χ1v) is 7.64. The maximum atomic E-state index is 12.6. The van der Waals surface area contributed by atoms with E-state index in [2.05, 4.69) is 6.92 Å². The molecule has 2 atom stereocenters. The summed E-state index contributed by atoms with van der Waals surface area (Å²) < 4.78 is 0. The van der Waals surface area contributed by atoms with E-state index in [-0.39, 0.29) is 5.91 Å². The van der Waals surface area contributed by atoms with Gasteiger partial charge >= 0.3 is 5.97 Å². The first-order chi connectivity index (χ1) is 10.0. The largest absolute Gasteiger partial charge is 0.481 e. The summed E-state index contributed by atoms with van der Waals surface area (Å²) in [4.78, 5) is 25.6. The number of hydrogen-bond donors (Lipinski definition) is 1. The Hall–Kier alpha value is -1.84. The molecular weight excluding hydrogens is 266 g/mol. The molecule has 4 heteroatoms. The first-order valence-electron chi connectivity index (χ1n) is 7.64. The third-order valence-corrected chi connectivity index (χ3v) is 4.46. The lowest BCUT2D eigenvalue weighted by atomic mass is 9.78. The molecule has 1 N–H and O–H groups in total. The van der Waals surface area contributed by atoms with Gasteiger partial charge in [0.25, 0.3) is 0 Å². The van der Waals surface area contributed by atoms with E-state index in [4.69, 9.17) is 0 Å². The molecule has 114 valence electrons. The summed E-state index contributed by atoms with van der Waals surface area (Å²) >= 11 is 0. The molecule has 1 aliphatic rings. The van der Waals surface area contributed by atoms with Crippen molar-refractivity contribution in [2.45, 2.75) is 39.0 Å². The smallest absolute Gasteiger partial charge is 0.307 e. The Labute approximate surface area is 125 Å². The van der Waals surface area contributed by atoms with Crippen molar-refractivity contribution in [3.05, 3.63) is 29.8 Å². The van der Waals surface area contributed by atoms with Crippen molar-refractivity contribution >= 4 is 17.6 Å². The Balaban J connectivity index is 2.14. The molecule has 0 aromatic heterocycles. The van der Waals surface area contributed by atoms with Gasteiger partial charge in [-0.1, -0.05) is 31.9 Å². The Morgan fingerprint density at radius 1 is 1.14 bits per heavy atom. The molecule has 0 bridgehead atoms. The van der Waals surface area contributed by atoms with Gasteiger partial charge in [0.15, 0.2) is 0 Å². The fourth-order valence-electron chi connectivity index (χ4n) is 3.05. The van der Waals surface area contributed by atoms with Crippen molar-refractivity contribution in [3.63, 3.8) is 0 Å². The van der Waals surface area contributed by atoms with Crippen molar-refractivity contribution in [1.29, 1.82) is 0 Å². The van der Waals surface area contributed by atoms with E-state index in [0.29, 0.717) is 12.8 Å². The molecule has 1 aromatic rings. The van der Waals surface area contributed by atoms with Gasteiger partial charge in [-0.25, -0.2) is 0 Å². The highest BCUT2D eigenvalue weighted by molar-refractivity contribution is 5.96. The lowest BCUT2D eigenvalue weighted by Gasteiger charge is -2.31. The fourth-order valence-corrected chi connectivity index (χ4v) is 3.05. The highest BCUT2D eigenvalue weighted by Crippen LogP contribution is 2.32. The highest BCUT2D eigenvalue weighted by atomic mass is 16.4. The van der Waals surface area contributed by atoms with Crippen LogP contribution in [0, 0.1) is 11.8 Å². The fraction of sp³-hybridized carbons (Fsp3) is 0.529. The van der Waals surface area contributed by atoms with Crippen molar-refractivity contribution in [1.82, 2.24) is 0 Å². The van der Waals surface area contributed by atoms with Crippen molar-refractivity contribution < 1.29 is 14.7 Å². The lowest BCUT2D eigenvalue weighted by molar-refractivity contribution is -0.148. The van der Waals surface area contributed by atoms with Gasteiger partial charge in [0.05, 0.1) is 11.8 Å². The minimum atomic E-state index is -0.845. The lowest BCUT2D eigenvalue weighted by Crippen LogP contribution is -2.40. The van der Waals surface area contributed by atoms with Gasteiger partial charge in [-0.2, -0.15) is 0 Å². The van der Waals surface area contributed by atoms with E-state index in [1.807, 2.05) is 24.3 Å². The van der Waals surface area contributed by atoms with Gasteiger partial charge in [0.2, 0.25) is 5.91 Å². The second-order valence-corrected chi connectivity index (χ2v) is 5.75. The van der Waals surface area contributed by atoms with Crippen molar-refractivity contribution in [2.75, 3.05) is 11.9 Å². The maximum absolute atomic E-state index is 12.6. The average Bonchev–Trinajstić information content (AvgIpc) is 2.53. The monoisotopic (exact) mass is 289 g/mol. The van der Waals surface area contributed by atoms with E-state index in [9.17, 15) is 14.7 Å². The SMILES string of the molecule is CCc1ccc(N(C)C(=O)C2CCCCC2C(=O)O)cc1. The summed E-state index contributed by atoms with van der Waals surface area (Å²) in [5.74, 6) is -1.86. The van der Waals surface area contributed by atoms with Crippen LogP contribution in [-0.2, 0) is 16.0 Å². The molecule has 0 heterocycles. The molecule has 2 unspecified atom stereocenters. The molecule has 0 saturated heterocycles. The van der Waals surface area contributed by atoms with Gasteiger partial charge in [-0.15, -0.1) is 0 Å². The number of carbonyl (C=O) groups is 2. The van der Waals surface area contributed by atoms with E-state index >= 15 is 0 Å². The van der Waals surface area contributed by atoms with Crippen LogP contribution in [0.3, 0.4) is 0 Å². The Bertz CT molecular complexity index is 509. The molecule has 1 aliphatic carbocycles. The molecule has 2 rings (SSSR count). The van der Waals surface area contributed by atoms with Gasteiger partial charge in [0, 0.05) is 12.7 Å². The predicted octanol–water partition coefficient (Wildman–Crippen LogP) is 3.10. The number of aliphatic carboxylic acids is 1. The van der Waals surface area contributed by atoms with E-state index in [1.165, 1.54) is 5.56 Å². The van der Waals surface area contributed by atoms with Crippen LogP contribution in [0.4, 0.5) is 5.69 Å². The quantitative estimate of drug-likeness (QED) is 0.926. The van der Waals surface area contributed by atoms with Crippen LogP contribution in [0.15, 0.2) is 24.3 Å². The molecule has 4 nitrogen and oxygen atoms in total. The third kappa shape index (κ3) is 3.43. The molecule has 1 amide bonds. The summed E-state index contributed by atoms with van der Waals surface area (Å²) in [5, 5.41) is 9.31. The topological polar surface area (TPSA) is 57.6 Å². The summed E-state index contributed by atoms with van der Waals surface area (Å²) in [5.41, 5.74) is 2.05. The van der Waals surface area contributed by atoms with Crippen molar-refractivity contribution in [2.24, 2.45) is 11.8 Å². The van der Waals surface area contributed by atoms with Crippen LogP contribution in [-0.4, -0.2) is 24.0 Å². The molecule has 0 radical (unpaired) electrons. The van der Waals surface area contributed by atoms with Crippen LogP contribution in [0.25, 0.3) is 0 Å². The standard InChI is InChI=1S/C17H23NO3/c1-3-12-8-10-13(11-9-12)18(2)16(19)14-6-4-5-7-15(14)17(20)21/h8-11,14-15H,3-7H2,1-2H3,(H,20,21). The second kappa shape index (κ2) is 6.74. The van der Waals surface area contributed by atoms with Crippen molar-refractivity contribution in [3.8, 4) is 0 Å². The van der Waals surface area contributed by atoms with Crippen LogP contribution < -0.4 is 4.90 Å². The summed E-state index contributed by atoms with van der Waals surface area (Å²) in [7, 11) is 1.73. The van der Waals surface area contributed by atoms with Crippen LogP contribution >= 0.6 is 0 Å². The zero-order valence-corrected chi connectivity index (χ0v) is 12.7. The molecule has 21 heavy (non-hydrogen) atoms. The number of nitrogens with zero attached hydrogens (tertiary/aromatic N) is 1. The van der Waals surface area contributed by atoms with E-state index in [0.717, 1.165) is 24.9 Å². The number of carbonyl (C=O) groups excluding carboxylic acids is 1. The molecule has 1 fully saturated rings. The minimum absolute atomic E-state index is 0.0775. The van der Waals surface area contributed by atoms with Crippen LogP contribution in [0.1, 0.15) is 38.2 Å². The summed E-state index contributed by atoms with van der Waals surface area (Å²) in [6.07, 6.45) is 4.07. The number of benzene rings is 1. The predicted molar refractivity (Wildman–Crippen MR) is 82.3 cm³/mol. The first kappa shape index (κ1) is 15.5. The number of rotatable bonds is 4. The van der Waals surface area contributed by atoms with Gasteiger partial charge < -0.3 is 10.0 Å². The van der Waals surface area contributed by atoms with Gasteiger partial charge in [-0.05, 0) is 37.0 Å². The number of carboxylic acid groups (broad SMARTS) is 1. The van der Waals surface area contributed by atoms with Gasteiger partial charge in [0.1, 0.15) is 0 Å². The average molecular weight is 289 g/mol. The molecule has 1 aromatic carbocycles. The highest BCUT2D eigenvalue weighted by Gasteiger charge is 2.37. The van der Waals surface area contributed by atoms with E-state index < -0.39 is 17.8 Å². The summed E-state index contributed by atoms with van der Waals surface area (Å²) in [6.45, 7) is 2.09. The van der Waals surface area contributed by atoms with E-state index in [1.54, 1.807) is 11.9 Å². The molecular formula is C17H23NO3. The number of aryl methyl sites for hydroxylation is 1. The summed E-state index contributed by atoms with van der Waals surface area (Å²) in [6, 6.07) is 7.87. The maximum Gasteiger partial charge on any atom is 0.307 e. The number of amides is 1. The van der Waals surface area contributed by atoms with Crippen LogP contribution in [0.2, 0.25) is 0 Å². The second-order valence-electron chi connectivity index (χ2n) is 5.75. The Morgan fingerprint density at radius 2 is 1.71 bits per heavy atom. The molecule has 0 aliphatic heterocycles. The number of hydrogen-bond acceptors (Lipinski definition) is 2. The minimum Gasteiger partial charge on any atom is -0.481 e.